The van der Waals surface area contributed by atoms with Gasteiger partial charge in [0, 0.05) is 18.7 Å². The smallest absolute Gasteiger partial charge is 0.244 e. The lowest BCUT2D eigenvalue weighted by Gasteiger charge is -2.14. The summed E-state index contributed by atoms with van der Waals surface area (Å²) in [5.74, 6) is 2.63. The lowest BCUT2D eigenvalue weighted by molar-refractivity contribution is 0.305. The number of ether oxygens (including phenoxy) is 5. The van der Waals surface area contributed by atoms with E-state index in [9.17, 15) is 8.42 Å². The molecule has 38 heavy (non-hydrogen) atoms. The molecule has 0 spiro atoms. The molecule has 0 radical (unpaired) electrons. The minimum atomic E-state index is -3.86. The molecule has 1 N–H and O–H groups in total. The summed E-state index contributed by atoms with van der Waals surface area (Å²) in [6.45, 7) is 4.41. The highest BCUT2D eigenvalue weighted by Gasteiger charge is 2.21. The normalized spacial score (nSPS) is 11.4. The second-order valence-electron chi connectivity index (χ2n) is 7.75. The molecule has 202 valence electrons. The van der Waals surface area contributed by atoms with Crippen molar-refractivity contribution in [2.45, 2.75) is 18.7 Å². The van der Waals surface area contributed by atoms with Crippen LogP contribution in [0.15, 0.2) is 53.4 Å². The summed E-state index contributed by atoms with van der Waals surface area (Å²) in [7, 11) is -0.737. The maximum Gasteiger partial charge on any atom is 0.244 e. The van der Waals surface area contributed by atoms with Gasteiger partial charge < -0.3 is 23.7 Å². The summed E-state index contributed by atoms with van der Waals surface area (Å²) in [6, 6.07) is 13.2. The quantitative estimate of drug-likeness (QED) is 0.251. The van der Waals surface area contributed by atoms with Crippen LogP contribution in [0.1, 0.15) is 13.8 Å². The molecule has 0 unspecified atom stereocenters. The second kappa shape index (κ2) is 12.0. The summed E-state index contributed by atoms with van der Waals surface area (Å²) in [6.07, 6.45) is 0. The van der Waals surface area contributed by atoms with Gasteiger partial charge >= 0.3 is 0 Å². The SMILES string of the molecule is CCOc1ccc(S(=O)(=O)NCCOc2ccc3nnc(-c4cc(OC)ccc4OC)n3n2)c(OCC)c1. The van der Waals surface area contributed by atoms with Crippen LogP contribution in [0.2, 0.25) is 0 Å². The first kappa shape index (κ1) is 26.9. The molecule has 0 aliphatic rings. The van der Waals surface area contributed by atoms with Crippen LogP contribution in [0.25, 0.3) is 17.0 Å². The van der Waals surface area contributed by atoms with Gasteiger partial charge in [-0.15, -0.1) is 15.3 Å². The zero-order chi connectivity index (χ0) is 27.1. The first-order valence-corrected chi connectivity index (χ1v) is 13.4. The van der Waals surface area contributed by atoms with E-state index in [4.69, 9.17) is 23.7 Å². The summed E-state index contributed by atoms with van der Waals surface area (Å²) in [4.78, 5) is 0.0173. The van der Waals surface area contributed by atoms with Gasteiger partial charge in [-0.2, -0.15) is 4.52 Å². The van der Waals surface area contributed by atoms with E-state index in [1.807, 2.05) is 6.92 Å². The number of hydrogen-bond acceptors (Lipinski definition) is 10. The van der Waals surface area contributed by atoms with Crippen molar-refractivity contribution >= 4 is 15.7 Å². The molecule has 0 amide bonds. The van der Waals surface area contributed by atoms with Crippen LogP contribution >= 0.6 is 0 Å². The van der Waals surface area contributed by atoms with Gasteiger partial charge in [0.25, 0.3) is 0 Å². The Morgan fingerprint density at radius 3 is 2.37 bits per heavy atom. The Labute approximate surface area is 220 Å². The Morgan fingerprint density at radius 2 is 1.63 bits per heavy atom. The standard InChI is InChI=1S/C25H29N5O7S/c1-5-35-18-8-10-22(21(16-18)36-6-2)38(31,32)26-13-14-37-24-12-11-23-27-28-25(30(23)29-24)19-15-17(33-3)7-9-20(19)34-4/h7-12,15-16,26H,5-6,13-14H2,1-4H3. The van der Waals surface area contributed by atoms with Gasteiger partial charge in [-0.1, -0.05) is 0 Å². The van der Waals surface area contributed by atoms with Gasteiger partial charge in [0.1, 0.15) is 34.5 Å². The second-order valence-corrected chi connectivity index (χ2v) is 9.49. The maximum absolute atomic E-state index is 12.9. The van der Waals surface area contributed by atoms with Crippen molar-refractivity contribution in [3.8, 4) is 40.3 Å². The largest absolute Gasteiger partial charge is 0.497 e. The summed E-state index contributed by atoms with van der Waals surface area (Å²) >= 11 is 0. The van der Waals surface area contributed by atoms with E-state index in [1.54, 1.807) is 63.6 Å². The van der Waals surface area contributed by atoms with E-state index >= 15 is 0 Å². The Morgan fingerprint density at radius 1 is 0.842 bits per heavy atom. The van der Waals surface area contributed by atoms with Crippen molar-refractivity contribution in [2.24, 2.45) is 0 Å². The third-order valence-corrected chi connectivity index (χ3v) is 6.85. The van der Waals surface area contributed by atoms with Crippen molar-refractivity contribution in [1.29, 1.82) is 0 Å². The van der Waals surface area contributed by atoms with E-state index in [-0.39, 0.29) is 29.7 Å². The average molecular weight is 544 g/mol. The molecule has 0 aliphatic carbocycles. The maximum atomic E-state index is 12.9. The van der Waals surface area contributed by atoms with Gasteiger partial charge in [-0.05, 0) is 50.2 Å². The molecule has 0 fully saturated rings. The number of nitrogens with one attached hydrogen (secondary N) is 1. The number of nitrogens with zero attached hydrogens (tertiary/aromatic N) is 4. The fourth-order valence-corrected chi connectivity index (χ4v) is 4.79. The molecule has 0 saturated carbocycles. The molecule has 13 heteroatoms. The van der Waals surface area contributed by atoms with Crippen LogP contribution in [-0.4, -0.2) is 68.8 Å². The van der Waals surface area contributed by atoms with Crippen molar-refractivity contribution < 1.29 is 32.1 Å². The van der Waals surface area contributed by atoms with Crippen molar-refractivity contribution in [1.82, 2.24) is 24.5 Å². The lowest BCUT2D eigenvalue weighted by Crippen LogP contribution is -2.28. The molecule has 0 saturated heterocycles. The lowest BCUT2D eigenvalue weighted by atomic mass is 10.2. The fourth-order valence-electron chi connectivity index (χ4n) is 3.65. The topological polar surface area (TPSA) is 135 Å². The van der Waals surface area contributed by atoms with Gasteiger partial charge in [0.05, 0.1) is 33.0 Å². The van der Waals surface area contributed by atoms with E-state index in [0.717, 1.165) is 0 Å². The molecule has 4 aromatic rings. The highest BCUT2D eigenvalue weighted by Crippen LogP contribution is 2.32. The fraction of sp³-hybridized carbons (Fsp3) is 0.320. The van der Waals surface area contributed by atoms with Crippen LogP contribution < -0.4 is 28.4 Å². The van der Waals surface area contributed by atoms with Crippen molar-refractivity contribution in [3.05, 3.63) is 48.5 Å². The predicted molar refractivity (Wildman–Crippen MR) is 139 cm³/mol. The monoisotopic (exact) mass is 543 g/mol. The highest BCUT2D eigenvalue weighted by molar-refractivity contribution is 7.89. The van der Waals surface area contributed by atoms with Crippen molar-refractivity contribution in [3.63, 3.8) is 0 Å². The Hall–Kier alpha value is -4.10. The molecule has 0 aliphatic heterocycles. The first-order chi connectivity index (χ1) is 18.4. The molecule has 0 atom stereocenters. The Kier molecular flexibility index (Phi) is 8.48. The van der Waals surface area contributed by atoms with Gasteiger partial charge in [-0.3, -0.25) is 0 Å². The van der Waals surface area contributed by atoms with E-state index in [1.165, 1.54) is 10.6 Å². The molecule has 0 bridgehead atoms. The van der Waals surface area contributed by atoms with Crippen LogP contribution in [0.3, 0.4) is 0 Å². The molecule has 2 heterocycles. The Bertz CT molecular complexity index is 1510. The number of benzene rings is 2. The zero-order valence-electron chi connectivity index (χ0n) is 21.5. The van der Waals surface area contributed by atoms with E-state index < -0.39 is 10.0 Å². The van der Waals surface area contributed by atoms with Gasteiger partial charge in [0.2, 0.25) is 15.9 Å². The molecule has 2 aromatic heterocycles. The number of methoxy groups -OCH3 is 2. The summed E-state index contributed by atoms with van der Waals surface area (Å²) in [5, 5.41) is 12.9. The zero-order valence-corrected chi connectivity index (χ0v) is 22.3. The predicted octanol–water partition coefficient (Wildman–Crippen LogP) is 2.96. The van der Waals surface area contributed by atoms with Gasteiger partial charge in [0.15, 0.2) is 11.5 Å². The molecule has 2 aromatic carbocycles. The third-order valence-electron chi connectivity index (χ3n) is 5.35. The number of rotatable bonds is 13. The van der Waals surface area contributed by atoms with Gasteiger partial charge in [-0.25, -0.2) is 13.1 Å². The molecule has 4 rings (SSSR count). The summed E-state index contributed by atoms with van der Waals surface area (Å²) in [5.41, 5.74) is 1.13. The van der Waals surface area contributed by atoms with Crippen LogP contribution in [0, 0.1) is 0 Å². The average Bonchev–Trinajstić information content (AvgIpc) is 3.34. The molecular formula is C25H29N5O7S. The molecular weight excluding hydrogens is 514 g/mol. The van der Waals surface area contributed by atoms with Crippen LogP contribution in [0.4, 0.5) is 0 Å². The third kappa shape index (κ3) is 5.89. The molecule has 12 nitrogen and oxygen atoms in total. The highest BCUT2D eigenvalue weighted by atomic mass is 32.2. The minimum Gasteiger partial charge on any atom is -0.497 e. The minimum absolute atomic E-state index is 0.000427. The van der Waals surface area contributed by atoms with Crippen LogP contribution in [0.5, 0.6) is 28.9 Å². The van der Waals surface area contributed by atoms with E-state index in [0.29, 0.717) is 47.5 Å². The number of aromatic nitrogens is 4. The van der Waals surface area contributed by atoms with E-state index in [2.05, 4.69) is 20.0 Å². The summed E-state index contributed by atoms with van der Waals surface area (Å²) < 4.78 is 57.4. The van der Waals surface area contributed by atoms with Crippen molar-refractivity contribution in [2.75, 3.05) is 40.6 Å². The van der Waals surface area contributed by atoms with Crippen LogP contribution in [-0.2, 0) is 10.0 Å². The number of hydrogen-bond donors (Lipinski definition) is 1. The number of sulfonamides is 1. The number of fused-ring (bicyclic) bond motifs is 1. The first-order valence-electron chi connectivity index (χ1n) is 11.9. The Balaban J connectivity index is 1.47.